The van der Waals surface area contributed by atoms with Gasteiger partial charge in [-0.25, -0.2) is 12.8 Å². The number of benzene rings is 2. The predicted molar refractivity (Wildman–Crippen MR) is 84.8 cm³/mol. The first kappa shape index (κ1) is 16.7. The van der Waals surface area contributed by atoms with Crippen LogP contribution in [-0.2, 0) is 10.0 Å². The average molecular weight is 332 g/mol. The van der Waals surface area contributed by atoms with E-state index in [1.165, 1.54) is 42.5 Å². The van der Waals surface area contributed by atoms with Crippen LogP contribution in [-0.4, -0.2) is 20.9 Å². The molecule has 2 aromatic carbocycles. The van der Waals surface area contributed by atoms with Crippen molar-refractivity contribution in [3.8, 4) is 12.3 Å². The largest absolute Gasteiger partial charge is 0.322 e. The fourth-order valence-corrected chi connectivity index (χ4v) is 2.71. The van der Waals surface area contributed by atoms with Gasteiger partial charge < -0.3 is 5.32 Å². The molecule has 0 aliphatic carbocycles. The van der Waals surface area contributed by atoms with Crippen LogP contribution >= 0.6 is 0 Å². The van der Waals surface area contributed by atoms with Crippen LogP contribution < -0.4 is 10.0 Å². The molecule has 7 heteroatoms. The van der Waals surface area contributed by atoms with Gasteiger partial charge in [0.25, 0.3) is 5.91 Å². The van der Waals surface area contributed by atoms with Crippen molar-refractivity contribution in [1.82, 2.24) is 4.72 Å². The summed E-state index contributed by atoms with van der Waals surface area (Å²) in [6, 6.07) is 10.8. The van der Waals surface area contributed by atoms with Crippen molar-refractivity contribution < 1.29 is 17.6 Å². The molecule has 0 heterocycles. The zero-order valence-corrected chi connectivity index (χ0v) is 12.7. The maximum atomic E-state index is 13.1. The van der Waals surface area contributed by atoms with Crippen LogP contribution in [0, 0.1) is 18.2 Å². The first-order valence-corrected chi connectivity index (χ1v) is 8.01. The Bertz CT molecular complexity index is 856. The third kappa shape index (κ3) is 4.39. The van der Waals surface area contributed by atoms with E-state index < -0.39 is 21.7 Å². The van der Waals surface area contributed by atoms with Gasteiger partial charge in [-0.1, -0.05) is 12.0 Å². The molecule has 0 spiro atoms. The highest BCUT2D eigenvalue weighted by atomic mass is 32.2. The number of terminal acetylenes is 1. The Morgan fingerprint density at radius 2 is 1.87 bits per heavy atom. The summed E-state index contributed by atoms with van der Waals surface area (Å²) in [5, 5.41) is 2.52. The number of anilines is 1. The molecule has 1 amide bonds. The van der Waals surface area contributed by atoms with E-state index in [0.717, 1.165) is 0 Å². The van der Waals surface area contributed by atoms with Crippen LogP contribution in [0.5, 0.6) is 0 Å². The topological polar surface area (TPSA) is 75.3 Å². The standard InChI is InChI=1S/C16H13FN2O3S/c1-2-10-18-23(21,22)15-8-6-12(7-9-15)16(20)19-14-5-3-4-13(17)11-14/h1,3-9,11,18H,10H2,(H,19,20). The summed E-state index contributed by atoms with van der Waals surface area (Å²) in [4.78, 5) is 12.0. The second-order valence-corrected chi connectivity index (χ2v) is 6.28. The van der Waals surface area contributed by atoms with Crippen LogP contribution in [0.2, 0.25) is 0 Å². The number of hydrogen-bond donors (Lipinski definition) is 2. The molecule has 2 rings (SSSR count). The number of nitrogens with one attached hydrogen (secondary N) is 2. The third-order valence-corrected chi connectivity index (χ3v) is 4.29. The van der Waals surface area contributed by atoms with Crippen LogP contribution in [0.4, 0.5) is 10.1 Å². The van der Waals surface area contributed by atoms with E-state index in [0.29, 0.717) is 5.69 Å². The summed E-state index contributed by atoms with van der Waals surface area (Å²) in [6.07, 6.45) is 5.00. The van der Waals surface area contributed by atoms with Gasteiger partial charge in [-0.3, -0.25) is 4.79 Å². The molecule has 0 aliphatic heterocycles. The molecule has 0 unspecified atom stereocenters. The molecule has 0 aromatic heterocycles. The highest BCUT2D eigenvalue weighted by Crippen LogP contribution is 2.14. The molecule has 0 saturated carbocycles. The third-order valence-electron chi connectivity index (χ3n) is 2.87. The summed E-state index contributed by atoms with van der Waals surface area (Å²) in [5.74, 6) is 1.23. The number of rotatable bonds is 5. The van der Waals surface area contributed by atoms with E-state index in [1.807, 2.05) is 0 Å². The molecular formula is C16H13FN2O3S. The van der Waals surface area contributed by atoms with Gasteiger partial charge in [-0.05, 0) is 42.5 Å². The molecular weight excluding hydrogens is 319 g/mol. The first-order valence-electron chi connectivity index (χ1n) is 6.52. The van der Waals surface area contributed by atoms with Gasteiger partial charge in [0.1, 0.15) is 5.82 Å². The predicted octanol–water partition coefficient (Wildman–Crippen LogP) is 1.99. The van der Waals surface area contributed by atoms with Gasteiger partial charge in [0.15, 0.2) is 0 Å². The Balaban J connectivity index is 2.13. The zero-order valence-electron chi connectivity index (χ0n) is 11.9. The van der Waals surface area contributed by atoms with E-state index in [1.54, 1.807) is 6.07 Å². The lowest BCUT2D eigenvalue weighted by Crippen LogP contribution is -2.24. The highest BCUT2D eigenvalue weighted by Gasteiger charge is 2.14. The van der Waals surface area contributed by atoms with Gasteiger partial charge in [0.2, 0.25) is 10.0 Å². The Labute approximate surface area is 133 Å². The Morgan fingerprint density at radius 3 is 2.48 bits per heavy atom. The zero-order chi connectivity index (χ0) is 16.9. The second kappa shape index (κ2) is 7.05. The average Bonchev–Trinajstić information content (AvgIpc) is 2.53. The van der Waals surface area contributed by atoms with E-state index in [9.17, 15) is 17.6 Å². The smallest absolute Gasteiger partial charge is 0.255 e. The van der Waals surface area contributed by atoms with E-state index in [4.69, 9.17) is 6.42 Å². The fourth-order valence-electron chi connectivity index (χ4n) is 1.77. The fraction of sp³-hybridized carbons (Fsp3) is 0.0625. The minimum absolute atomic E-state index is 0.00458. The van der Waals surface area contributed by atoms with Crippen molar-refractivity contribution in [3.05, 3.63) is 59.9 Å². The molecule has 0 fully saturated rings. The number of carbonyl (C=O) groups excluding carboxylic acids is 1. The quantitative estimate of drug-likeness (QED) is 0.822. The van der Waals surface area contributed by atoms with E-state index >= 15 is 0 Å². The summed E-state index contributed by atoms with van der Waals surface area (Å²) < 4.78 is 39.0. The van der Waals surface area contributed by atoms with Crippen molar-refractivity contribution in [2.24, 2.45) is 0 Å². The molecule has 2 aromatic rings. The van der Waals surface area contributed by atoms with Crippen molar-refractivity contribution in [2.75, 3.05) is 11.9 Å². The Hall–Kier alpha value is -2.69. The molecule has 0 atom stereocenters. The molecule has 0 bridgehead atoms. The number of hydrogen-bond acceptors (Lipinski definition) is 3. The maximum Gasteiger partial charge on any atom is 0.255 e. The van der Waals surface area contributed by atoms with Crippen molar-refractivity contribution in [3.63, 3.8) is 0 Å². The van der Waals surface area contributed by atoms with Crippen molar-refractivity contribution in [1.29, 1.82) is 0 Å². The summed E-state index contributed by atoms with van der Waals surface area (Å²) in [6.45, 7) is -0.121. The molecule has 5 nitrogen and oxygen atoms in total. The number of amides is 1. The lowest BCUT2D eigenvalue weighted by molar-refractivity contribution is 0.102. The van der Waals surface area contributed by atoms with Crippen LogP contribution in [0.25, 0.3) is 0 Å². The van der Waals surface area contributed by atoms with Gasteiger partial charge in [0.05, 0.1) is 11.4 Å². The van der Waals surface area contributed by atoms with Gasteiger partial charge in [-0.15, -0.1) is 6.42 Å². The van der Waals surface area contributed by atoms with Gasteiger partial charge >= 0.3 is 0 Å². The van der Waals surface area contributed by atoms with E-state index in [-0.39, 0.29) is 17.0 Å². The number of carbonyl (C=O) groups is 1. The summed E-state index contributed by atoms with van der Waals surface area (Å²) in [7, 11) is -3.70. The number of sulfonamides is 1. The molecule has 118 valence electrons. The maximum absolute atomic E-state index is 13.1. The summed E-state index contributed by atoms with van der Waals surface area (Å²) >= 11 is 0. The monoisotopic (exact) mass is 332 g/mol. The lowest BCUT2D eigenvalue weighted by Gasteiger charge is -2.07. The van der Waals surface area contributed by atoms with Gasteiger partial charge in [-0.2, -0.15) is 4.72 Å². The lowest BCUT2D eigenvalue weighted by atomic mass is 10.2. The molecule has 0 aliphatic rings. The Morgan fingerprint density at radius 1 is 1.17 bits per heavy atom. The minimum Gasteiger partial charge on any atom is -0.322 e. The second-order valence-electron chi connectivity index (χ2n) is 4.52. The number of halogens is 1. The van der Waals surface area contributed by atoms with Crippen LogP contribution in [0.15, 0.2) is 53.4 Å². The van der Waals surface area contributed by atoms with Gasteiger partial charge in [0, 0.05) is 11.3 Å². The SMILES string of the molecule is C#CCNS(=O)(=O)c1ccc(C(=O)Nc2cccc(F)c2)cc1. The first-order chi connectivity index (χ1) is 10.9. The molecule has 2 N–H and O–H groups in total. The van der Waals surface area contributed by atoms with Crippen molar-refractivity contribution >= 4 is 21.6 Å². The Kier molecular flexibility index (Phi) is 5.11. The highest BCUT2D eigenvalue weighted by molar-refractivity contribution is 7.89. The molecule has 0 saturated heterocycles. The normalized spacial score (nSPS) is 10.8. The van der Waals surface area contributed by atoms with Crippen molar-refractivity contribution in [2.45, 2.75) is 4.90 Å². The minimum atomic E-state index is -3.70. The molecule has 0 radical (unpaired) electrons. The van der Waals surface area contributed by atoms with E-state index in [2.05, 4.69) is 16.0 Å². The molecule has 23 heavy (non-hydrogen) atoms. The summed E-state index contributed by atoms with van der Waals surface area (Å²) in [5.41, 5.74) is 0.549. The van der Waals surface area contributed by atoms with Crippen LogP contribution in [0.3, 0.4) is 0 Å². The van der Waals surface area contributed by atoms with Crippen LogP contribution in [0.1, 0.15) is 10.4 Å².